The van der Waals surface area contributed by atoms with Gasteiger partial charge in [-0.2, -0.15) is 0 Å². The highest BCUT2D eigenvalue weighted by atomic mass is 16.5. The maximum atomic E-state index is 11.8. The van der Waals surface area contributed by atoms with Crippen molar-refractivity contribution in [2.45, 2.75) is 32.3 Å². The fourth-order valence-electron chi connectivity index (χ4n) is 5.04. The zero-order valence-corrected chi connectivity index (χ0v) is 19.5. The predicted molar refractivity (Wildman–Crippen MR) is 137 cm³/mol. The Hall–Kier alpha value is -3.92. The van der Waals surface area contributed by atoms with E-state index < -0.39 is 0 Å². The molecule has 2 atom stereocenters. The summed E-state index contributed by atoms with van der Waals surface area (Å²) in [6, 6.07) is 28.6. The number of nitrogens with two attached hydrogens (primary N) is 1. The molecule has 0 bridgehead atoms. The fourth-order valence-corrected chi connectivity index (χ4v) is 5.04. The van der Waals surface area contributed by atoms with E-state index in [0.29, 0.717) is 13.0 Å². The number of pyridine rings is 1. The molecule has 1 aromatic heterocycles. The molecule has 2 unspecified atom stereocenters. The standard InChI is InChI=1S/C30H28N2O2/c1-20-26(25-8-4-5-9-27(25)30(20,2)18-29(31)33)17-21-11-15-24(16-12-21)34-19-23-14-13-22-7-3-6-10-28(22)32-23/h3-17,20H,18-19H2,1-2H3,(H2,31,33). The van der Waals surface area contributed by atoms with Gasteiger partial charge in [-0.3, -0.25) is 4.79 Å². The molecule has 0 saturated heterocycles. The number of carbonyl (C=O) groups excluding carboxylic acids is 1. The molecule has 0 spiro atoms. The third-order valence-electron chi connectivity index (χ3n) is 7.06. The molecule has 34 heavy (non-hydrogen) atoms. The molecule has 0 aliphatic heterocycles. The van der Waals surface area contributed by atoms with Gasteiger partial charge < -0.3 is 10.5 Å². The summed E-state index contributed by atoms with van der Waals surface area (Å²) >= 11 is 0. The van der Waals surface area contributed by atoms with Crippen LogP contribution in [0.1, 0.15) is 42.7 Å². The van der Waals surface area contributed by atoms with E-state index in [0.717, 1.165) is 27.9 Å². The van der Waals surface area contributed by atoms with Crippen molar-refractivity contribution >= 4 is 28.5 Å². The predicted octanol–water partition coefficient (Wildman–Crippen LogP) is 6.14. The van der Waals surface area contributed by atoms with E-state index in [-0.39, 0.29) is 17.2 Å². The first-order valence-electron chi connectivity index (χ1n) is 11.6. The molecular weight excluding hydrogens is 420 g/mol. The van der Waals surface area contributed by atoms with Crippen molar-refractivity contribution in [1.29, 1.82) is 0 Å². The molecule has 170 valence electrons. The summed E-state index contributed by atoms with van der Waals surface area (Å²) in [4.78, 5) is 16.5. The topological polar surface area (TPSA) is 65.2 Å². The van der Waals surface area contributed by atoms with Gasteiger partial charge >= 0.3 is 0 Å². The molecule has 1 heterocycles. The van der Waals surface area contributed by atoms with Crippen LogP contribution >= 0.6 is 0 Å². The largest absolute Gasteiger partial charge is 0.487 e. The number of nitrogens with zero attached hydrogens (tertiary/aromatic N) is 1. The average Bonchev–Trinajstić information content (AvgIpc) is 3.05. The highest BCUT2D eigenvalue weighted by Gasteiger charge is 2.44. The zero-order valence-electron chi connectivity index (χ0n) is 19.5. The number of ether oxygens (including phenoxy) is 1. The third-order valence-corrected chi connectivity index (χ3v) is 7.06. The Morgan fingerprint density at radius 2 is 1.74 bits per heavy atom. The van der Waals surface area contributed by atoms with Crippen molar-refractivity contribution in [3.63, 3.8) is 0 Å². The minimum Gasteiger partial charge on any atom is -0.487 e. The third kappa shape index (κ3) is 4.08. The van der Waals surface area contributed by atoms with Crippen LogP contribution < -0.4 is 10.5 Å². The minimum atomic E-state index is -0.301. The van der Waals surface area contributed by atoms with Gasteiger partial charge in [-0.1, -0.05) is 80.6 Å². The van der Waals surface area contributed by atoms with Crippen molar-refractivity contribution in [2.24, 2.45) is 11.7 Å². The van der Waals surface area contributed by atoms with Gasteiger partial charge in [-0.05, 0) is 52.4 Å². The van der Waals surface area contributed by atoms with Gasteiger partial charge in [0.1, 0.15) is 12.4 Å². The van der Waals surface area contributed by atoms with E-state index in [4.69, 9.17) is 10.5 Å². The highest BCUT2D eigenvalue weighted by molar-refractivity contribution is 5.90. The Labute approximate surface area is 200 Å². The van der Waals surface area contributed by atoms with Crippen molar-refractivity contribution < 1.29 is 9.53 Å². The van der Waals surface area contributed by atoms with Crippen LogP contribution in [-0.2, 0) is 16.8 Å². The van der Waals surface area contributed by atoms with E-state index in [1.807, 2.05) is 48.5 Å². The molecule has 4 nitrogen and oxygen atoms in total. The molecule has 4 aromatic rings. The number of allylic oxidation sites excluding steroid dienone is 1. The smallest absolute Gasteiger partial charge is 0.218 e. The number of fused-ring (bicyclic) bond motifs is 2. The maximum absolute atomic E-state index is 11.8. The normalized spacial score (nSPS) is 20.4. The molecule has 3 aromatic carbocycles. The van der Waals surface area contributed by atoms with Gasteiger partial charge in [-0.25, -0.2) is 4.98 Å². The summed E-state index contributed by atoms with van der Waals surface area (Å²) in [5.74, 6) is 0.704. The summed E-state index contributed by atoms with van der Waals surface area (Å²) in [7, 11) is 0. The van der Waals surface area contributed by atoms with Crippen LogP contribution in [0.15, 0.2) is 84.9 Å². The lowest BCUT2D eigenvalue weighted by Gasteiger charge is -2.29. The molecule has 0 saturated carbocycles. The minimum absolute atomic E-state index is 0.173. The Kier molecular flexibility index (Phi) is 5.66. The Bertz CT molecular complexity index is 1390. The van der Waals surface area contributed by atoms with Gasteiger partial charge in [0, 0.05) is 17.2 Å². The number of carbonyl (C=O) groups is 1. The van der Waals surface area contributed by atoms with E-state index in [2.05, 4.69) is 61.3 Å². The molecule has 1 aliphatic rings. The molecule has 5 rings (SSSR count). The molecule has 1 amide bonds. The van der Waals surface area contributed by atoms with Crippen molar-refractivity contribution in [2.75, 3.05) is 0 Å². The van der Waals surface area contributed by atoms with Crippen LogP contribution in [0.25, 0.3) is 22.6 Å². The summed E-state index contributed by atoms with van der Waals surface area (Å²) in [5, 5.41) is 1.12. The summed E-state index contributed by atoms with van der Waals surface area (Å²) in [6.45, 7) is 4.74. The van der Waals surface area contributed by atoms with E-state index in [1.165, 1.54) is 16.7 Å². The molecule has 4 heteroatoms. The van der Waals surface area contributed by atoms with Gasteiger partial charge in [-0.15, -0.1) is 0 Å². The Morgan fingerprint density at radius 1 is 1.00 bits per heavy atom. The van der Waals surface area contributed by atoms with Crippen LogP contribution in [0.2, 0.25) is 0 Å². The first-order chi connectivity index (χ1) is 16.4. The van der Waals surface area contributed by atoms with E-state index in [1.54, 1.807) is 0 Å². The number of hydrogen-bond acceptors (Lipinski definition) is 3. The van der Waals surface area contributed by atoms with Crippen LogP contribution in [0.4, 0.5) is 0 Å². The van der Waals surface area contributed by atoms with Crippen molar-refractivity contribution in [1.82, 2.24) is 4.98 Å². The average molecular weight is 449 g/mol. The lowest BCUT2D eigenvalue weighted by molar-refractivity contribution is -0.119. The number of rotatable bonds is 6. The van der Waals surface area contributed by atoms with Crippen molar-refractivity contribution in [3.8, 4) is 5.75 Å². The van der Waals surface area contributed by atoms with E-state index >= 15 is 0 Å². The molecule has 2 N–H and O–H groups in total. The van der Waals surface area contributed by atoms with Crippen molar-refractivity contribution in [3.05, 3.63) is 107 Å². The second-order valence-electron chi connectivity index (χ2n) is 9.28. The highest BCUT2D eigenvalue weighted by Crippen LogP contribution is 2.52. The Balaban J connectivity index is 1.35. The van der Waals surface area contributed by atoms with Gasteiger partial charge in [0.05, 0.1) is 11.2 Å². The van der Waals surface area contributed by atoms with Crippen LogP contribution in [-0.4, -0.2) is 10.9 Å². The summed E-state index contributed by atoms with van der Waals surface area (Å²) < 4.78 is 5.99. The molecule has 0 radical (unpaired) electrons. The summed E-state index contributed by atoms with van der Waals surface area (Å²) in [6.07, 6.45) is 2.54. The van der Waals surface area contributed by atoms with Crippen LogP contribution in [0, 0.1) is 5.92 Å². The van der Waals surface area contributed by atoms with Crippen LogP contribution in [0.3, 0.4) is 0 Å². The molecule has 1 aliphatic carbocycles. The maximum Gasteiger partial charge on any atom is 0.218 e. The second kappa shape index (κ2) is 8.79. The lowest BCUT2D eigenvalue weighted by Crippen LogP contribution is -2.32. The van der Waals surface area contributed by atoms with Crippen LogP contribution in [0.5, 0.6) is 5.75 Å². The van der Waals surface area contributed by atoms with Gasteiger partial charge in [0.25, 0.3) is 0 Å². The number of amides is 1. The first kappa shape index (κ1) is 21.9. The molecular formula is C30H28N2O2. The number of primary amides is 1. The monoisotopic (exact) mass is 448 g/mol. The number of aromatic nitrogens is 1. The number of hydrogen-bond donors (Lipinski definition) is 1. The number of benzene rings is 3. The Morgan fingerprint density at radius 3 is 2.53 bits per heavy atom. The lowest BCUT2D eigenvalue weighted by atomic mass is 9.74. The van der Waals surface area contributed by atoms with Gasteiger partial charge in [0.2, 0.25) is 5.91 Å². The molecule has 0 fully saturated rings. The fraction of sp³-hybridized carbons (Fsp3) is 0.200. The first-order valence-corrected chi connectivity index (χ1v) is 11.6. The zero-order chi connectivity index (χ0) is 23.7. The SMILES string of the molecule is CC1C(=Cc2ccc(OCc3ccc4ccccc4n3)cc2)c2ccccc2C1(C)CC(N)=O. The van der Waals surface area contributed by atoms with Gasteiger partial charge in [0.15, 0.2) is 0 Å². The van der Waals surface area contributed by atoms with E-state index in [9.17, 15) is 4.79 Å². The summed E-state index contributed by atoms with van der Waals surface area (Å²) in [5.41, 5.74) is 11.9. The second-order valence-corrected chi connectivity index (χ2v) is 9.28. The quantitative estimate of drug-likeness (QED) is 0.385. The number of para-hydroxylation sites is 1.